The molecule has 0 radical (unpaired) electrons. The summed E-state index contributed by atoms with van der Waals surface area (Å²) in [6.45, 7) is -0.0824. The minimum Gasteiger partial charge on any atom is -0.480 e. The van der Waals surface area contributed by atoms with Crippen molar-refractivity contribution in [3.05, 3.63) is 21.6 Å². The van der Waals surface area contributed by atoms with Gasteiger partial charge in [-0.2, -0.15) is 0 Å². The fraction of sp³-hybridized carbons (Fsp3) is 0.222. The Hall–Kier alpha value is -0.940. The smallest absolute Gasteiger partial charge is 0.257 e. The van der Waals surface area contributed by atoms with Crippen molar-refractivity contribution in [2.24, 2.45) is 0 Å². The zero-order valence-electron chi connectivity index (χ0n) is 8.01. The fourth-order valence-electron chi connectivity index (χ4n) is 0.942. The van der Waals surface area contributed by atoms with Crippen molar-refractivity contribution >= 4 is 39.1 Å². The molecular formula is C9H10BrClN2O2. The molecule has 0 aliphatic carbocycles. The molecule has 1 aromatic carbocycles. The van der Waals surface area contributed by atoms with Gasteiger partial charge in [0.2, 0.25) is 0 Å². The zero-order valence-corrected chi connectivity index (χ0v) is 10.4. The number of likely N-dealkylation sites (N-methyl/N-ethyl adjacent to an activating group) is 1. The van der Waals surface area contributed by atoms with E-state index in [2.05, 4.69) is 21.2 Å². The highest BCUT2D eigenvalue weighted by molar-refractivity contribution is 9.10. The summed E-state index contributed by atoms with van der Waals surface area (Å²) in [5, 5.41) is 2.95. The Morgan fingerprint density at radius 1 is 1.67 bits per heavy atom. The summed E-state index contributed by atoms with van der Waals surface area (Å²) in [5.74, 6) is 0.194. The third-order valence-corrected chi connectivity index (χ3v) is 2.47. The van der Waals surface area contributed by atoms with E-state index in [4.69, 9.17) is 22.1 Å². The molecular weight excluding hydrogens is 283 g/mol. The first-order valence-electron chi connectivity index (χ1n) is 4.12. The van der Waals surface area contributed by atoms with Crippen LogP contribution in [0.5, 0.6) is 5.75 Å². The van der Waals surface area contributed by atoms with E-state index in [0.29, 0.717) is 20.9 Å². The van der Waals surface area contributed by atoms with Crippen LogP contribution >= 0.6 is 27.5 Å². The van der Waals surface area contributed by atoms with Gasteiger partial charge in [-0.3, -0.25) is 4.79 Å². The van der Waals surface area contributed by atoms with Crippen molar-refractivity contribution in [1.29, 1.82) is 0 Å². The fourth-order valence-corrected chi connectivity index (χ4v) is 1.89. The summed E-state index contributed by atoms with van der Waals surface area (Å²) in [6.07, 6.45) is 0. The second kappa shape index (κ2) is 5.23. The molecule has 6 heteroatoms. The summed E-state index contributed by atoms with van der Waals surface area (Å²) < 4.78 is 5.85. The molecule has 0 heterocycles. The van der Waals surface area contributed by atoms with Gasteiger partial charge in [-0.05, 0) is 28.1 Å². The van der Waals surface area contributed by atoms with Crippen LogP contribution in [0, 0.1) is 0 Å². The average Bonchev–Trinajstić information content (AvgIpc) is 2.15. The Balaban J connectivity index is 2.81. The zero-order chi connectivity index (χ0) is 11.4. The number of rotatable bonds is 3. The van der Waals surface area contributed by atoms with Gasteiger partial charge < -0.3 is 15.8 Å². The molecule has 0 spiro atoms. The number of carbonyl (C=O) groups is 1. The predicted molar refractivity (Wildman–Crippen MR) is 63.1 cm³/mol. The molecule has 0 fully saturated rings. The average molecular weight is 294 g/mol. The number of carbonyl (C=O) groups excluding carboxylic acids is 1. The standard InChI is InChI=1S/C9H10BrClN2O2/c1-13-8(14)4-15-9-6(10)2-5(11)3-7(9)12/h2-3H,4,12H2,1H3,(H,13,14). The van der Waals surface area contributed by atoms with Gasteiger partial charge in [0.05, 0.1) is 10.2 Å². The van der Waals surface area contributed by atoms with Crippen LogP contribution in [0.1, 0.15) is 0 Å². The van der Waals surface area contributed by atoms with Crippen molar-refractivity contribution in [3.63, 3.8) is 0 Å². The summed E-state index contributed by atoms with van der Waals surface area (Å²) in [4.78, 5) is 11.0. The minimum absolute atomic E-state index is 0.0824. The molecule has 0 aromatic heterocycles. The van der Waals surface area contributed by atoms with Gasteiger partial charge in [0.15, 0.2) is 12.4 Å². The number of halogens is 2. The summed E-state index contributed by atoms with van der Waals surface area (Å²) >= 11 is 9.02. The van der Waals surface area contributed by atoms with Crippen LogP contribution in [-0.4, -0.2) is 19.6 Å². The molecule has 0 saturated carbocycles. The number of nitrogens with two attached hydrogens (primary N) is 1. The first kappa shape index (κ1) is 12.1. The third-order valence-electron chi connectivity index (χ3n) is 1.66. The number of anilines is 1. The molecule has 1 aromatic rings. The molecule has 0 saturated heterocycles. The minimum atomic E-state index is -0.226. The molecule has 82 valence electrons. The van der Waals surface area contributed by atoms with Crippen LogP contribution in [0.4, 0.5) is 5.69 Å². The van der Waals surface area contributed by atoms with Gasteiger partial charge in [0.25, 0.3) is 5.91 Å². The lowest BCUT2D eigenvalue weighted by atomic mass is 10.3. The van der Waals surface area contributed by atoms with Crippen LogP contribution in [0.15, 0.2) is 16.6 Å². The van der Waals surface area contributed by atoms with Crippen LogP contribution in [-0.2, 0) is 4.79 Å². The van der Waals surface area contributed by atoms with Crippen LogP contribution in [0.3, 0.4) is 0 Å². The topological polar surface area (TPSA) is 64.3 Å². The molecule has 0 atom stereocenters. The summed E-state index contributed by atoms with van der Waals surface area (Å²) in [5.41, 5.74) is 6.07. The van der Waals surface area contributed by atoms with Crippen molar-refractivity contribution < 1.29 is 9.53 Å². The Morgan fingerprint density at radius 3 is 2.87 bits per heavy atom. The monoisotopic (exact) mass is 292 g/mol. The first-order chi connectivity index (χ1) is 7.04. The Bertz CT molecular complexity index is 361. The quantitative estimate of drug-likeness (QED) is 0.835. The maximum absolute atomic E-state index is 11.0. The molecule has 0 bridgehead atoms. The Kier molecular flexibility index (Phi) is 4.23. The summed E-state index contributed by atoms with van der Waals surface area (Å²) in [6, 6.07) is 3.21. The number of hydrogen-bond acceptors (Lipinski definition) is 3. The van der Waals surface area contributed by atoms with Gasteiger partial charge in [0, 0.05) is 12.1 Å². The van der Waals surface area contributed by atoms with E-state index >= 15 is 0 Å². The lowest BCUT2D eigenvalue weighted by Crippen LogP contribution is -2.25. The van der Waals surface area contributed by atoms with E-state index in [1.165, 1.54) is 7.05 Å². The van der Waals surface area contributed by atoms with Gasteiger partial charge >= 0.3 is 0 Å². The number of amides is 1. The first-order valence-corrected chi connectivity index (χ1v) is 5.29. The third kappa shape index (κ3) is 3.28. The highest BCUT2D eigenvalue weighted by Crippen LogP contribution is 2.34. The number of nitrogens with one attached hydrogen (secondary N) is 1. The lowest BCUT2D eigenvalue weighted by Gasteiger charge is -2.10. The van der Waals surface area contributed by atoms with Crippen LogP contribution in [0.2, 0.25) is 5.02 Å². The second-order valence-electron chi connectivity index (χ2n) is 2.77. The van der Waals surface area contributed by atoms with Crippen molar-refractivity contribution in [1.82, 2.24) is 5.32 Å². The van der Waals surface area contributed by atoms with Crippen LogP contribution < -0.4 is 15.8 Å². The van der Waals surface area contributed by atoms with E-state index in [-0.39, 0.29) is 12.5 Å². The number of hydrogen-bond donors (Lipinski definition) is 2. The molecule has 0 unspecified atom stereocenters. The molecule has 4 nitrogen and oxygen atoms in total. The van der Waals surface area contributed by atoms with Crippen molar-refractivity contribution in [2.75, 3.05) is 19.4 Å². The van der Waals surface area contributed by atoms with Crippen molar-refractivity contribution in [3.8, 4) is 5.75 Å². The summed E-state index contributed by atoms with van der Waals surface area (Å²) in [7, 11) is 1.53. The molecule has 3 N–H and O–H groups in total. The molecule has 0 aliphatic heterocycles. The molecule has 15 heavy (non-hydrogen) atoms. The largest absolute Gasteiger partial charge is 0.480 e. The Labute approximate surface area is 101 Å². The van der Waals surface area contributed by atoms with E-state index in [1.54, 1.807) is 12.1 Å². The number of ether oxygens (including phenoxy) is 1. The van der Waals surface area contributed by atoms with Gasteiger partial charge in [-0.15, -0.1) is 0 Å². The number of benzene rings is 1. The van der Waals surface area contributed by atoms with Crippen molar-refractivity contribution in [2.45, 2.75) is 0 Å². The van der Waals surface area contributed by atoms with E-state index in [1.807, 2.05) is 0 Å². The maximum Gasteiger partial charge on any atom is 0.257 e. The SMILES string of the molecule is CNC(=O)COc1c(N)cc(Cl)cc1Br. The molecule has 1 rings (SSSR count). The molecule has 0 aliphatic rings. The maximum atomic E-state index is 11.0. The van der Waals surface area contributed by atoms with Gasteiger partial charge in [-0.25, -0.2) is 0 Å². The second-order valence-corrected chi connectivity index (χ2v) is 4.06. The normalized spacial score (nSPS) is 9.80. The van der Waals surface area contributed by atoms with E-state index < -0.39 is 0 Å². The van der Waals surface area contributed by atoms with Gasteiger partial charge in [-0.1, -0.05) is 11.6 Å². The van der Waals surface area contributed by atoms with E-state index in [0.717, 1.165) is 0 Å². The Morgan fingerprint density at radius 2 is 2.33 bits per heavy atom. The van der Waals surface area contributed by atoms with Gasteiger partial charge in [0.1, 0.15) is 0 Å². The predicted octanol–water partition coefficient (Wildman–Crippen LogP) is 1.81. The molecule has 1 amide bonds. The lowest BCUT2D eigenvalue weighted by molar-refractivity contribution is -0.122. The van der Waals surface area contributed by atoms with Crippen LogP contribution in [0.25, 0.3) is 0 Å². The number of nitrogen functional groups attached to an aromatic ring is 1. The highest BCUT2D eigenvalue weighted by Gasteiger charge is 2.09. The van der Waals surface area contributed by atoms with E-state index in [9.17, 15) is 4.79 Å². The highest BCUT2D eigenvalue weighted by atomic mass is 79.9.